The Morgan fingerprint density at radius 2 is 1.29 bits per heavy atom. The second-order valence-corrected chi connectivity index (χ2v) is 5.66. The molecule has 0 saturated carbocycles. The van der Waals surface area contributed by atoms with Crippen LogP contribution in [-0.2, 0) is 0 Å². The number of nitrogens with one attached hydrogen (secondary N) is 1. The number of hydrogen-bond donors (Lipinski definition) is 1. The number of carbonyl (C=O) groups is 1. The molecule has 28 heavy (non-hydrogen) atoms. The van der Waals surface area contributed by atoms with Crippen molar-refractivity contribution in [2.24, 2.45) is 0 Å². The summed E-state index contributed by atoms with van der Waals surface area (Å²) in [5.74, 6) is 2.25. The Hall–Kier alpha value is -3.09. The highest BCUT2D eigenvalue weighted by molar-refractivity contribution is 6.05. The van der Waals surface area contributed by atoms with Crippen LogP contribution < -0.4 is 29.0 Å². The molecule has 2 aromatic carbocycles. The van der Waals surface area contributed by atoms with Crippen LogP contribution in [0.25, 0.3) is 0 Å². The summed E-state index contributed by atoms with van der Waals surface area (Å²) in [7, 11) is 3.10. The highest BCUT2D eigenvalue weighted by Crippen LogP contribution is 2.39. The van der Waals surface area contributed by atoms with Crippen LogP contribution in [0, 0.1) is 0 Å². The van der Waals surface area contributed by atoms with Gasteiger partial charge in [0.2, 0.25) is 5.75 Å². The zero-order valence-corrected chi connectivity index (χ0v) is 17.0. The molecule has 0 aliphatic heterocycles. The second kappa shape index (κ2) is 10.3. The summed E-state index contributed by atoms with van der Waals surface area (Å²) >= 11 is 0. The van der Waals surface area contributed by atoms with Gasteiger partial charge < -0.3 is 29.0 Å². The molecule has 2 aromatic rings. The number of amides is 1. The van der Waals surface area contributed by atoms with Gasteiger partial charge in [-0.2, -0.15) is 0 Å². The molecule has 1 amide bonds. The third-order valence-corrected chi connectivity index (χ3v) is 3.78. The lowest BCUT2D eigenvalue weighted by Crippen LogP contribution is -2.13. The standard InChI is InChI=1S/C21H27NO6/c1-6-26-18-9-14(10-19(27-7-2)20(18)28-8-3)21(23)22-15-11-16(24-4)13-17(12-15)25-5/h9-13H,6-8H2,1-5H3,(H,22,23). The summed E-state index contributed by atoms with van der Waals surface area (Å²) in [6.07, 6.45) is 0. The highest BCUT2D eigenvalue weighted by atomic mass is 16.5. The third kappa shape index (κ3) is 5.22. The maximum Gasteiger partial charge on any atom is 0.255 e. The minimum absolute atomic E-state index is 0.319. The lowest BCUT2D eigenvalue weighted by atomic mass is 10.1. The largest absolute Gasteiger partial charge is 0.497 e. The van der Waals surface area contributed by atoms with E-state index in [1.54, 1.807) is 44.6 Å². The molecule has 0 aliphatic rings. The number of hydrogen-bond acceptors (Lipinski definition) is 6. The van der Waals surface area contributed by atoms with Crippen LogP contribution >= 0.6 is 0 Å². The second-order valence-electron chi connectivity index (χ2n) is 5.66. The van der Waals surface area contributed by atoms with Crippen molar-refractivity contribution in [1.29, 1.82) is 0 Å². The molecule has 7 heteroatoms. The van der Waals surface area contributed by atoms with Crippen molar-refractivity contribution >= 4 is 11.6 Å². The van der Waals surface area contributed by atoms with E-state index in [0.717, 1.165) is 0 Å². The molecule has 152 valence electrons. The summed E-state index contributed by atoms with van der Waals surface area (Å²) in [5.41, 5.74) is 0.933. The number of methoxy groups -OCH3 is 2. The molecule has 1 N–H and O–H groups in total. The number of carbonyl (C=O) groups excluding carboxylic acids is 1. The fraction of sp³-hybridized carbons (Fsp3) is 0.381. The van der Waals surface area contributed by atoms with E-state index in [9.17, 15) is 4.79 Å². The first-order chi connectivity index (χ1) is 13.6. The van der Waals surface area contributed by atoms with Crippen LogP contribution in [0.3, 0.4) is 0 Å². The van der Waals surface area contributed by atoms with Crippen LogP contribution in [0.2, 0.25) is 0 Å². The van der Waals surface area contributed by atoms with Crippen LogP contribution in [0.5, 0.6) is 28.7 Å². The number of anilines is 1. The van der Waals surface area contributed by atoms with Crippen molar-refractivity contribution in [3.05, 3.63) is 35.9 Å². The maximum atomic E-state index is 12.9. The minimum Gasteiger partial charge on any atom is -0.497 e. The third-order valence-electron chi connectivity index (χ3n) is 3.78. The van der Waals surface area contributed by atoms with E-state index in [-0.39, 0.29) is 5.91 Å². The molecule has 0 fully saturated rings. The highest BCUT2D eigenvalue weighted by Gasteiger charge is 2.19. The first-order valence-corrected chi connectivity index (χ1v) is 9.17. The first kappa shape index (κ1) is 21.2. The van der Waals surface area contributed by atoms with Crippen molar-refractivity contribution in [1.82, 2.24) is 0 Å². The smallest absolute Gasteiger partial charge is 0.255 e. The van der Waals surface area contributed by atoms with Gasteiger partial charge in [0.05, 0.1) is 34.0 Å². The monoisotopic (exact) mass is 389 g/mol. The molecule has 0 aliphatic carbocycles. The SMILES string of the molecule is CCOc1cc(C(=O)Nc2cc(OC)cc(OC)c2)cc(OCC)c1OCC. The van der Waals surface area contributed by atoms with Gasteiger partial charge in [-0.05, 0) is 32.9 Å². The molecule has 0 bridgehead atoms. The Balaban J connectivity index is 2.39. The predicted octanol–water partition coefficient (Wildman–Crippen LogP) is 4.15. The fourth-order valence-electron chi connectivity index (χ4n) is 2.60. The van der Waals surface area contributed by atoms with Gasteiger partial charge in [0.25, 0.3) is 5.91 Å². The molecule has 0 unspecified atom stereocenters. The topological polar surface area (TPSA) is 75.3 Å². The van der Waals surface area contributed by atoms with Crippen molar-refractivity contribution in [3.8, 4) is 28.7 Å². The number of rotatable bonds is 10. The van der Waals surface area contributed by atoms with Gasteiger partial charge in [0.15, 0.2) is 11.5 Å². The van der Waals surface area contributed by atoms with E-state index >= 15 is 0 Å². The fourth-order valence-corrected chi connectivity index (χ4v) is 2.60. The van der Waals surface area contributed by atoms with Gasteiger partial charge in [-0.1, -0.05) is 0 Å². The molecule has 2 rings (SSSR count). The van der Waals surface area contributed by atoms with Gasteiger partial charge in [-0.15, -0.1) is 0 Å². The van der Waals surface area contributed by atoms with Crippen LogP contribution in [0.4, 0.5) is 5.69 Å². The molecule has 0 saturated heterocycles. The van der Waals surface area contributed by atoms with Crippen molar-refractivity contribution in [2.75, 3.05) is 39.4 Å². The number of ether oxygens (including phenoxy) is 5. The molecule has 0 radical (unpaired) electrons. The first-order valence-electron chi connectivity index (χ1n) is 9.17. The molecular formula is C21H27NO6. The van der Waals surface area contributed by atoms with Crippen molar-refractivity contribution in [3.63, 3.8) is 0 Å². The van der Waals surface area contributed by atoms with Gasteiger partial charge in [0, 0.05) is 29.4 Å². The normalized spacial score (nSPS) is 10.2. The van der Waals surface area contributed by atoms with Crippen LogP contribution in [0.15, 0.2) is 30.3 Å². The van der Waals surface area contributed by atoms with E-state index in [1.807, 2.05) is 20.8 Å². The Morgan fingerprint density at radius 1 is 0.786 bits per heavy atom. The molecule has 0 aromatic heterocycles. The average molecular weight is 389 g/mol. The van der Waals surface area contributed by atoms with Crippen molar-refractivity contribution in [2.45, 2.75) is 20.8 Å². The lowest BCUT2D eigenvalue weighted by Gasteiger charge is -2.17. The van der Waals surface area contributed by atoms with E-state index in [0.29, 0.717) is 59.8 Å². The predicted molar refractivity (Wildman–Crippen MR) is 107 cm³/mol. The molecule has 0 spiro atoms. The zero-order chi connectivity index (χ0) is 20.5. The molecular weight excluding hydrogens is 362 g/mol. The molecule has 0 heterocycles. The summed E-state index contributed by atoms with van der Waals surface area (Å²) in [5, 5.41) is 2.85. The summed E-state index contributed by atoms with van der Waals surface area (Å²) < 4.78 is 27.5. The minimum atomic E-state index is -0.319. The summed E-state index contributed by atoms with van der Waals surface area (Å²) in [6.45, 7) is 6.93. The van der Waals surface area contributed by atoms with Gasteiger partial charge >= 0.3 is 0 Å². The molecule has 0 atom stereocenters. The molecule has 7 nitrogen and oxygen atoms in total. The van der Waals surface area contributed by atoms with Crippen LogP contribution in [0.1, 0.15) is 31.1 Å². The van der Waals surface area contributed by atoms with E-state index in [1.165, 1.54) is 0 Å². The summed E-state index contributed by atoms with van der Waals surface area (Å²) in [4.78, 5) is 12.9. The van der Waals surface area contributed by atoms with Gasteiger partial charge in [-0.25, -0.2) is 0 Å². The Bertz CT molecular complexity index is 756. The van der Waals surface area contributed by atoms with E-state index < -0.39 is 0 Å². The van der Waals surface area contributed by atoms with Gasteiger partial charge in [0.1, 0.15) is 11.5 Å². The maximum absolute atomic E-state index is 12.9. The Morgan fingerprint density at radius 3 is 1.71 bits per heavy atom. The van der Waals surface area contributed by atoms with E-state index in [2.05, 4.69) is 5.32 Å². The van der Waals surface area contributed by atoms with Gasteiger partial charge in [-0.3, -0.25) is 4.79 Å². The quantitative estimate of drug-likeness (QED) is 0.658. The Labute approximate surface area is 165 Å². The van der Waals surface area contributed by atoms with Crippen LogP contribution in [-0.4, -0.2) is 39.9 Å². The average Bonchev–Trinajstić information content (AvgIpc) is 2.70. The lowest BCUT2D eigenvalue weighted by molar-refractivity contribution is 0.102. The number of benzene rings is 2. The summed E-state index contributed by atoms with van der Waals surface area (Å²) in [6, 6.07) is 8.43. The van der Waals surface area contributed by atoms with Crippen molar-refractivity contribution < 1.29 is 28.5 Å². The van der Waals surface area contributed by atoms with E-state index in [4.69, 9.17) is 23.7 Å². The Kier molecular flexibility index (Phi) is 7.80. The zero-order valence-electron chi connectivity index (χ0n) is 17.0.